The van der Waals surface area contributed by atoms with Crippen molar-refractivity contribution in [3.05, 3.63) is 53.5 Å². The van der Waals surface area contributed by atoms with Crippen molar-refractivity contribution in [2.75, 3.05) is 40.3 Å². The van der Waals surface area contributed by atoms with Gasteiger partial charge in [0.05, 0.1) is 18.7 Å². The summed E-state index contributed by atoms with van der Waals surface area (Å²) in [4.78, 5) is 31.2. The second-order valence-corrected chi connectivity index (χ2v) is 9.78. The fraction of sp³-hybridized carbons (Fsp3) is 0.308. The first-order chi connectivity index (χ1) is 18.6. The molecule has 0 saturated carbocycles. The zero-order valence-electron chi connectivity index (χ0n) is 21.1. The largest absolute Gasteiger partial charge is 0.497 e. The van der Waals surface area contributed by atoms with Crippen LogP contribution in [0, 0.1) is 0 Å². The highest BCUT2D eigenvalue weighted by Gasteiger charge is 2.38. The van der Waals surface area contributed by atoms with Gasteiger partial charge in [-0.15, -0.1) is 11.3 Å². The summed E-state index contributed by atoms with van der Waals surface area (Å²) in [5.74, 6) is -1.90. The van der Waals surface area contributed by atoms with Gasteiger partial charge in [0, 0.05) is 19.6 Å². The molecule has 9 nitrogen and oxygen atoms in total. The van der Waals surface area contributed by atoms with Gasteiger partial charge in [0.15, 0.2) is 5.58 Å². The number of nitrogens with zero attached hydrogens (tertiary/aromatic N) is 4. The number of carboxylic acid groups (broad SMARTS) is 1. The molecule has 4 aromatic rings. The average Bonchev–Trinajstić information content (AvgIpc) is 3.51. The lowest BCUT2D eigenvalue weighted by molar-refractivity contribution is -0.192. The fourth-order valence-corrected chi connectivity index (χ4v) is 4.82. The SMILES string of the molecule is COc1ccc(-c2ccc3c(-c4ncc(C(=O)N5CCCN(C)CC5)s4)noc3c2)cc1.O=C(O)C(F)(F)F. The summed E-state index contributed by atoms with van der Waals surface area (Å²) in [5.41, 5.74) is 3.45. The van der Waals surface area contributed by atoms with Crippen LogP contribution in [0.4, 0.5) is 13.2 Å². The highest BCUT2D eigenvalue weighted by molar-refractivity contribution is 7.17. The van der Waals surface area contributed by atoms with Crippen molar-refractivity contribution in [3.63, 3.8) is 0 Å². The third kappa shape index (κ3) is 6.73. The first kappa shape index (κ1) is 28.0. The molecule has 1 amide bonds. The molecule has 0 aliphatic carbocycles. The number of likely N-dealkylation sites (N-methyl/N-ethyl adjacent to an activating group) is 1. The van der Waals surface area contributed by atoms with E-state index in [1.54, 1.807) is 13.3 Å². The lowest BCUT2D eigenvalue weighted by atomic mass is 10.0. The summed E-state index contributed by atoms with van der Waals surface area (Å²) >= 11 is 1.37. The molecule has 1 aliphatic rings. The van der Waals surface area contributed by atoms with Crippen LogP contribution in [-0.4, -0.2) is 83.4 Å². The first-order valence-corrected chi connectivity index (χ1v) is 12.7. The van der Waals surface area contributed by atoms with Gasteiger partial charge in [-0.1, -0.05) is 23.4 Å². The maximum absolute atomic E-state index is 13.0. The van der Waals surface area contributed by atoms with E-state index in [2.05, 4.69) is 22.1 Å². The van der Waals surface area contributed by atoms with E-state index in [-0.39, 0.29) is 5.91 Å². The number of alkyl halides is 3. The maximum Gasteiger partial charge on any atom is 0.490 e. The summed E-state index contributed by atoms with van der Waals surface area (Å²) < 4.78 is 42.6. The average molecular weight is 563 g/mol. The molecule has 0 unspecified atom stereocenters. The molecule has 3 heterocycles. The van der Waals surface area contributed by atoms with Crippen LogP contribution >= 0.6 is 11.3 Å². The van der Waals surface area contributed by atoms with Crippen molar-refractivity contribution in [2.24, 2.45) is 0 Å². The van der Waals surface area contributed by atoms with Gasteiger partial charge in [0.1, 0.15) is 21.3 Å². The number of carboxylic acids is 1. The van der Waals surface area contributed by atoms with E-state index in [1.165, 1.54) is 11.3 Å². The number of hydrogen-bond donors (Lipinski definition) is 1. The maximum atomic E-state index is 13.0. The van der Waals surface area contributed by atoms with Gasteiger partial charge in [-0.25, -0.2) is 9.78 Å². The van der Waals surface area contributed by atoms with Crippen LogP contribution in [0.25, 0.3) is 32.8 Å². The monoisotopic (exact) mass is 562 g/mol. The normalized spacial score (nSPS) is 14.4. The number of amides is 1. The lowest BCUT2D eigenvalue weighted by Crippen LogP contribution is -2.34. The second-order valence-electron chi connectivity index (χ2n) is 8.75. The van der Waals surface area contributed by atoms with E-state index in [9.17, 15) is 18.0 Å². The molecule has 0 bridgehead atoms. The van der Waals surface area contributed by atoms with Crippen LogP contribution in [0.3, 0.4) is 0 Å². The van der Waals surface area contributed by atoms with E-state index in [0.717, 1.165) is 54.9 Å². The topological polar surface area (TPSA) is 109 Å². The van der Waals surface area contributed by atoms with Crippen molar-refractivity contribution in [3.8, 4) is 27.6 Å². The van der Waals surface area contributed by atoms with E-state index in [0.29, 0.717) is 21.2 Å². The van der Waals surface area contributed by atoms with Gasteiger partial charge in [-0.05, 0) is 55.4 Å². The minimum atomic E-state index is -5.08. The number of carbonyl (C=O) groups excluding carboxylic acids is 1. The van der Waals surface area contributed by atoms with Gasteiger partial charge >= 0.3 is 12.1 Å². The zero-order valence-corrected chi connectivity index (χ0v) is 21.9. The van der Waals surface area contributed by atoms with E-state index >= 15 is 0 Å². The molecule has 39 heavy (non-hydrogen) atoms. The van der Waals surface area contributed by atoms with Crippen LogP contribution in [-0.2, 0) is 4.79 Å². The smallest absolute Gasteiger partial charge is 0.490 e. The number of carbonyl (C=O) groups is 2. The first-order valence-electron chi connectivity index (χ1n) is 11.8. The molecule has 5 rings (SSSR count). The van der Waals surface area contributed by atoms with Crippen molar-refractivity contribution in [1.29, 1.82) is 0 Å². The van der Waals surface area contributed by atoms with Gasteiger partial charge in [-0.2, -0.15) is 13.2 Å². The third-order valence-electron chi connectivity index (χ3n) is 6.06. The molecule has 1 N–H and O–H groups in total. The molecule has 1 aliphatic heterocycles. The zero-order chi connectivity index (χ0) is 28.2. The summed E-state index contributed by atoms with van der Waals surface area (Å²) in [6.45, 7) is 3.42. The number of rotatable bonds is 4. The van der Waals surface area contributed by atoms with Crippen molar-refractivity contribution >= 4 is 34.2 Å². The Morgan fingerprint density at radius 3 is 2.41 bits per heavy atom. The molecule has 206 valence electrons. The number of ether oxygens (including phenoxy) is 1. The van der Waals surface area contributed by atoms with Crippen LogP contribution in [0.2, 0.25) is 0 Å². The number of benzene rings is 2. The van der Waals surface area contributed by atoms with Crippen molar-refractivity contribution in [2.45, 2.75) is 12.6 Å². The molecule has 2 aromatic carbocycles. The minimum Gasteiger partial charge on any atom is -0.497 e. The summed E-state index contributed by atoms with van der Waals surface area (Å²) in [7, 11) is 3.75. The van der Waals surface area contributed by atoms with E-state index in [4.69, 9.17) is 19.2 Å². The molecule has 0 spiro atoms. The molecule has 0 radical (unpaired) electrons. The van der Waals surface area contributed by atoms with Crippen molar-refractivity contribution in [1.82, 2.24) is 19.9 Å². The Hall–Kier alpha value is -3.97. The van der Waals surface area contributed by atoms with Gasteiger partial charge in [0.25, 0.3) is 5.91 Å². The Labute approximate surface area is 225 Å². The summed E-state index contributed by atoms with van der Waals surface area (Å²) in [6, 6.07) is 13.9. The van der Waals surface area contributed by atoms with Crippen LogP contribution in [0.15, 0.2) is 53.2 Å². The van der Waals surface area contributed by atoms with Gasteiger partial charge in [-0.3, -0.25) is 4.79 Å². The number of fused-ring (bicyclic) bond motifs is 1. The molecule has 0 atom stereocenters. The highest BCUT2D eigenvalue weighted by Crippen LogP contribution is 2.34. The Balaban J connectivity index is 0.000000448. The molecule has 1 fully saturated rings. The molecule has 2 aromatic heterocycles. The fourth-order valence-electron chi connectivity index (χ4n) is 3.94. The predicted molar refractivity (Wildman–Crippen MR) is 139 cm³/mol. The number of aromatic nitrogens is 2. The van der Waals surface area contributed by atoms with E-state index in [1.807, 2.05) is 47.4 Å². The van der Waals surface area contributed by atoms with Crippen molar-refractivity contribution < 1.29 is 37.1 Å². The number of halogens is 3. The van der Waals surface area contributed by atoms with Crippen LogP contribution < -0.4 is 4.74 Å². The Morgan fingerprint density at radius 2 is 1.74 bits per heavy atom. The quantitative estimate of drug-likeness (QED) is 0.369. The summed E-state index contributed by atoms with van der Waals surface area (Å²) in [6.07, 6.45) is -2.44. The molecule has 13 heteroatoms. The van der Waals surface area contributed by atoms with E-state index < -0.39 is 12.1 Å². The Bertz CT molecular complexity index is 1450. The number of methoxy groups -OCH3 is 1. The predicted octanol–water partition coefficient (Wildman–Crippen LogP) is 5.04. The molecule has 1 saturated heterocycles. The number of hydrogen-bond acceptors (Lipinski definition) is 8. The Morgan fingerprint density at radius 1 is 1.05 bits per heavy atom. The number of thiazole rings is 1. The second kappa shape index (κ2) is 11.8. The molecular formula is C26H25F3N4O5S. The highest BCUT2D eigenvalue weighted by atomic mass is 32.1. The third-order valence-corrected chi connectivity index (χ3v) is 7.06. The van der Waals surface area contributed by atoms with Crippen LogP contribution in [0.5, 0.6) is 5.75 Å². The van der Waals surface area contributed by atoms with Crippen LogP contribution in [0.1, 0.15) is 16.1 Å². The molecular weight excluding hydrogens is 537 g/mol. The Kier molecular flexibility index (Phi) is 8.51. The standard InChI is InChI=1S/C24H24N4O3S.C2HF3O2/c1-27-10-3-11-28(13-12-27)24(29)21-15-25-23(32-21)22-19-9-6-17(14-20(19)31-26-22)16-4-7-18(30-2)8-5-16;3-2(4,5)1(6)7/h4-9,14-15H,3,10-13H2,1-2H3;(H,6,7). The lowest BCUT2D eigenvalue weighted by Gasteiger charge is -2.19. The minimum absolute atomic E-state index is 0.0404. The number of aliphatic carboxylic acids is 1. The van der Waals surface area contributed by atoms with Gasteiger partial charge < -0.3 is 24.2 Å². The summed E-state index contributed by atoms with van der Waals surface area (Å²) in [5, 5.41) is 13.0. The van der Waals surface area contributed by atoms with Gasteiger partial charge in [0.2, 0.25) is 0 Å².